The number of rotatable bonds is 10. The topological polar surface area (TPSA) is 56.6 Å². The Kier molecular flexibility index (Phi) is 6.98. The van der Waals surface area contributed by atoms with Crippen molar-refractivity contribution in [1.29, 1.82) is 0 Å². The first kappa shape index (κ1) is 23.0. The summed E-state index contributed by atoms with van der Waals surface area (Å²) in [6.07, 6.45) is 2.36. The van der Waals surface area contributed by atoms with E-state index in [2.05, 4.69) is 10.6 Å². The lowest BCUT2D eigenvalue weighted by Gasteiger charge is -2.20. The molecule has 0 radical (unpaired) electrons. The van der Waals surface area contributed by atoms with Crippen molar-refractivity contribution in [3.05, 3.63) is 84.7 Å². The third-order valence-electron chi connectivity index (χ3n) is 6.42. The highest BCUT2D eigenvalue weighted by atomic mass is 16.5. The van der Waals surface area contributed by atoms with Crippen LogP contribution in [0.25, 0.3) is 11.0 Å². The number of amides is 1. The smallest absolute Gasteiger partial charge is 0.227 e. The zero-order valence-electron chi connectivity index (χ0n) is 20.1. The van der Waals surface area contributed by atoms with Crippen LogP contribution >= 0.6 is 0 Å². The second-order valence-corrected chi connectivity index (χ2v) is 8.79. The molecule has 35 heavy (non-hydrogen) atoms. The summed E-state index contributed by atoms with van der Waals surface area (Å²) in [6.45, 7) is 4.64. The highest BCUT2D eigenvalue weighted by Gasteiger charge is 2.35. The molecule has 0 aliphatic carbocycles. The summed E-state index contributed by atoms with van der Waals surface area (Å²) in [5.74, 6) is 2.77. The summed E-state index contributed by atoms with van der Waals surface area (Å²) in [4.78, 5) is 19.9. The van der Waals surface area contributed by atoms with Crippen molar-refractivity contribution in [3.63, 3.8) is 0 Å². The van der Waals surface area contributed by atoms with E-state index in [9.17, 15) is 4.79 Å². The molecular formula is C29H31N3O3. The predicted octanol–water partition coefficient (Wildman–Crippen LogP) is 5.81. The Morgan fingerprint density at radius 2 is 1.69 bits per heavy atom. The average molecular weight is 470 g/mol. The molecule has 1 saturated heterocycles. The van der Waals surface area contributed by atoms with Crippen LogP contribution in [0.3, 0.4) is 0 Å². The van der Waals surface area contributed by atoms with Gasteiger partial charge in [0.15, 0.2) is 0 Å². The van der Waals surface area contributed by atoms with Crippen LogP contribution in [0.1, 0.15) is 37.9 Å². The number of carbonyl (C=O) groups is 1. The zero-order chi connectivity index (χ0) is 24.0. The summed E-state index contributed by atoms with van der Waals surface area (Å²) < 4.78 is 14.0. The summed E-state index contributed by atoms with van der Waals surface area (Å²) in [6, 6.07) is 25.9. The van der Waals surface area contributed by atoms with E-state index in [0.717, 1.165) is 53.4 Å². The van der Waals surface area contributed by atoms with Gasteiger partial charge in [-0.3, -0.25) is 4.79 Å². The van der Waals surface area contributed by atoms with E-state index in [4.69, 9.17) is 14.5 Å². The predicted molar refractivity (Wildman–Crippen MR) is 138 cm³/mol. The fourth-order valence-corrected chi connectivity index (χ4v) is 4.79. The third kappa shape index (κ3) is 5.02. The standard InChI is InChI=1S/C29H31N3O3/c1-2-34-27-17-9-8-16-26(27)32-21-22(20-28(32)33)29-30-24-14-6-7-15-25(24)31(29)18-10-11-19-35-23-12-4-3-5-13-23/h3-9,12-17,22H,2,10-11,18-21H2,1H3. The minimum Gasteiger partial charge on any atom is -0.494 e. The molecule has 180 valence electrons. The summed E-state index contributed by atoms with van der Waals surface area (Å²) in [5.41, 5.74) is 2.93. The van der Waals surface area contributed by atoms with Gasteiger partial charge in [0.05, 0.1) is 29.9 Å². The first-order valence-corrected chi connectivity index (χ1v) is 12.4. The number of hydrogen-bond acceptors (Lipinski definition) is 4. The number of ether oxygens (including phenoxy) is 2. The molecule has 2 heterocycles. The first-order valence-electron chi connectivity index (χ1n) is 12.4. The molecule has 0 saturated carbocycles. The van der Waals surface area contributed by atoms with E-state index >= 15 is 0 Å². The van der Waals surface area contributed by atoms with Gasteiger partial charge in [0, 0.05) is 25.4 Å². The lowest BCUT2D eigenvalue weighted by molar-refractivity contribution is -0.117. The van der Waals surface area contributed by atoms with Crippen molar-refractivity contribution in [1.82, 2.24) is 9.55 Å². The Bertz CT molecular complexity index is 1280. The number of nitrogens with zero attached hydrogens (tertiary/aromatic N) is 3. The largest absolute Gasteiger partial charge is 0.494 e. The van der Waals surface area contributed by atoms with Crippen LogP contribution < -0.4 is 14.4 Å². The molecule has 1 aliphatic rings. The molecule has 1 fully saturated rings. The van der Waals surface area contributed by atoms with Gasteiger partial charge in [-0.15, -0.1) is 0 Å². The molecule has 1 amide bonds. The van der Waals surface area contributed by atoms with Crippen molar-refractivity contribution in [2.45, 2.75) is 38.6 Å². The molecule has 3 aromatic carbocycles. The molecule has 1 aromatic heterocycles. The zero-order valence-corrected chi connectivity index (χ0v) is 20.1. The lowest BCUT2D eigenvalue weighted by Crippen LogP contribution is -2.25. The number of aryl methyl sites for hydroxylation is 1. The molecule has 0 bridgehead atoms. The molecule has 1 unspecified atom stereocenters. The van der Waals surface area contributed by atoms with E-state index in [0.29, 0.717) is 26.2 Å². The molecule has 1 atom stereocenters. The number of imidazole rings is 1. The number of fused-ring (bicyclic) bond motifs is 1. The van der Waals surface area contributed by atoms with Crippen molar-refractivity contribution in [2.75, 3.05) is 24.7 Å². The minimum atomic E-state index is 0.0325. The summed E-state index contributed by atoms with van der Waals surface area (Å²) in [5, 5.41) is 0. The normalized spacial score (nSPS) is 15.6. The second-order valence-electron chi connectivity index (χ2n) is 8.79. The molecular weight excluding hydrogens is 438 g/mol. The van der Waals surface area contributed by atoms with E-state index in [1.165, 1.54) is 0 Å². The number of hydrogen-bond donors (Lipinski definition) is 0. The highest BCUT2D eigenvalue weighted by molar-refractivity contribution is 5.97. The lowest BCUT2D eigenvalue weighted by atomic mass is 10.1. The van der Waals surface area contributed by atoms with Crippen molar-refractivity contribution >= 4 is 22.6 Å². The Morgan fingerprint density at radius 1 is 0.914 bits per heavy atom. The van der Waals surface area contributed by atoms with Gasteiger partial charge in [0.2, 0.25) is 5.91 Å². The van der Waals surface area contributed by atoms with E-state index in [1.807, 2.05) is 84.6 Å². The Labute approximate surface area is 206 Å². The molecule has 0 N–H and O–H groups in total. The Hall–Kier alpha value is -3.80. The fourth-order valence-electron chi connectivity index (χ4n) is 4.79. The van der Waals surface area contributed by atoms with Crippen LogP contribution in [-0.2, 0) is 11.3 Å². The first-order chi connectivity index (χ1) is 17.2. The average Bonchev–Trinajstić information content (AvgIpc) is 3.45. The van der Waals surface area contributed by atoms with E-state index in [1.54, 1.807) is 0 Å². The molecule has 6 heteroatoms. The SMILES string of the molecule is CCOc1ccccc1N1CC(c2nc3ccccc3n2CCCCOc2ccccc2)CC1=O. The monoisotopic (exact) mass is 469 g/mol. The maximum absolute atomic E-state index is 13.1. The maximum atomic E-state index is 13.1. The molecule has 4 aromatic rings. The van der Waals surface area contributed by atoms with Gasteiger partial charge in [-0.1, -0.05) is 42.5 Å². The van der Waals surface area contributed by atoms with Crippen LogP contribution in [0.2, 0.25) is 0 Å². The maximum Gasteiger partial charge on any atom is 0.227 e. The fraction of sp³-hybridized carbons (Fsp3) is 0.310. The van der Waals surface area contributed by atoms with Crippen LogP contribution in [0, 0.1) is 0 Å². The molecule has 0 spiro atoms. The van der Waals surface area contributed by atoms with Gasteiger partial charge >= 0.3 is 0 Å². The number of benzene rings is 3. The van der Waals surface area contributed by atoms with Crippen LogP contribution in [0.4, 0.5) is 5.69 Å². The van der Waals surface area contributed by atoms with Crippen molar-refractivity contribution in [2.24, 2.45) is 0 Å². The van der Waals surface area contributed by atoms with Crippen LogP contribution in [0.15, 0.2) is 78.9 Å². The summed E-state index contributed by atoms with van der Waals surface area (Å²) >= 11 is 0. The van der Waals surface area contributed by atoms with Crippen molar-refractivity contribution < 1.29 is 14.3 Å². The number of unbranched alkanes of at least 4 members (excludes halogenated alkanes) is 1. The van der Waals surface area contributed by atoms with Gasteiger partial charge in [-0.05, 0) is 56.2 Å². The summed E-state index contributed by atoms with van der Waals surface area (Å²) in [7, 11) is 0. The van der Waals surface area contributed by atoms with Crippen LogP contribution in [0.5, 0.6) is 11.5 Å². The van der Waals surface area contributed by atoms with E-state index < -0.39 is 0 Å². The minimum absolute atomic E-state index is 0.0325. The van der Waals surface area contributed by atoms with Crippen molar-refractivity contribution in [3.8, 4) is 11.5 Å². The second kappa shape index (κ2) is 10.6. The highest BCUT2D eigenvalue weighted by Crippen LogP contribution is 2.37. The van der Waals surface area contributed by atoms with Gasteiger partial charge in [0.25, 0.3) is 0 Å². The Morgan fingerprint density at radius 3 is 2.54 bits per heavy atom. The number of para-hydroxylation sites is 5. The molecule has 5 rings (SSSR count). The van der Waals surface area contributed by atoms with Crippen LogP contribution in [-0.4, -0.2) is 35.2 Å². The quantitative estimate of drug-likeness (QED) is 0.275. The number of anilines is 1. The number of aromatic nitrogens is 2. The molecule has 6 nitrogen and oxygen atoms in total. The third-order valence-corrected chi connectivity index (χ3v) is 6.42. The van der Waals surface area contributed by atoms with Gasteiger partial charge < -0.3 is 18.9 Å². The molecule has 1 aliphatic heterocycles. The van der Waals surface area contributed by atoms with Gasteiger partial charge in [0.1, 0.15) is 17.3 Å². The number of carbonyl (C=O) groups excluding carboxylic acids is 1. The van der Waals surface area contributed by atoms with Gasteiger partial charge in [-0.25, -0.2) is 4.98 Å². The van der Waals surface area contributed by atoms with E-state index in [-0.39, 0.29) is 11.8 Å². The Balaban J connectivity index is 1.32. The van der Waals surface area contributed by atoms with Gasteiger partial charge in [-0.2, -0.15) is 0 Å².